The number of benzene rings is 1. The molecule has 4 nitrogen and oxygen atoms in total. The molecule has 1 amide bonds. The highest BCUT2D eigenvalue weighted by molar-refractivity contribution is 8.00. The van der Waals surface area contributed by atoms with Crippen molar-refractivity contribution in [3.8, 4) is 5.75 Å². The zero-order valence-corrected chi connectivity index (χ0v) is 13.3. The van der Waals surface area contributed by atoms with Gasteiger partial charge in [-0.2, -0.15) is 11.8 Å². The normalized spacial score (nSPS) is 11.2. The number of nitrogens with one attached hydrogen (secondary N) is 1. The van der Waals surface area contributed by atoms with E-state index in [4.69, 9.17) is 10.5 Å². The Hall–Kier alpha value is -1.36. The number of carbonyl (C=O) groups is 1. The summed E-state index contributed by atoms with van der Waals surface area (Å²) in [5.74, 6) is 0.554. The minimum atomic E-state index is -0.0952. The molecule has 1 aromatic carbocycles. The van der Waals surface area contributed by atoms with E-state index >= 15 is 0 Å². The molecular weight excluding hydrogens is 272 g/mol. The second-order valence-corrected chi connectivity index (χ2v) is 6.00. The Morgan fingerprint density at radius 3 is 2.40 bits per heavy atom. The van der Waals surface area contributed by atoms with Crippen LogP contribution >= 0.6 is 11.8 Å². The molecule has 5 heteroatoms. The minimum Gasteiger partial charge on any atom is -0.484 e. The van der Waals surface area contributed by atoms with E-state index in [1.165, 1.54) is 0 Å². The maximum absolute atomic E-state index is 11.8. The molecular formula is C15H24N2O2S. The summed E-state index contributed by atoms with van der Waals surface area (Å²) in [7, 11) is 0. The van der Waals surface area contributed by atoms with Crippen LogP contribution in [-0.4, -0.2) is 30.1 Å². The highest BCUT2D eigenvalue weighted by Gasteiger charge is 2.25. The maximum atomic E-state index is 11.8. The third kappa shape index (κ3) is 4.96. The predicted molar refractivity (Wildman–Crippen MR) is 86.2 cm³/mol. The van der Waals surface area contributed by atoms with Crippen LogP contribution < -0.4 is 15.8 Å². The van der Waals surface area contributed by atoms with Crippen LogP contribution in [0.2, 0.25) is 0 Å². The van der Waals surface area contributed by atoms with Gasteiger partial charge in [0.25, 0.3) is 5.91 Å². The number of carbonyl (C=O) groups excluding carboxylic acids is 1. The SMILES string of the molecule is CCC(CC)(CNC(=O)COc1ccc(N)cc1)SC. The molecule has 112 valence electrons. The van der Waals surface area contributed by atoms with Crippen LogP contribution in [0.5, 0.6) is 5.75 Å². The van der Waals surface area contributed by atoms with E-state index < -0.39 is 0 Å². The average molecular weight is 296 g/mol. The van der Waals surface area contributed by atoms with Gasteiger partial charge < -0.3 is 15.8 Å². The molecule has 0 saturated heterocycles. The molecule has 0 bridgehead atoms. The first-order valence-corrected chi connectivity index (χ1v) is 8.08. The Kier molecular flexibility index (Phi) is 6.71. The molecule has 0 radical (unpaired) electrons. The van der Waals surface area contributed by atoms with Gasteiger partial charge >= 0.3 is 0 Å². The molecule has 0 spiro atoms. The number of ether oxygens (including phenoxy) is 1. The fraction of sp³-hybridized carbons (Fsp3) is 0.533. The second-order valence-electron chi connectivity index (χ2n) is 4.73. The van der Waals surface area contributed by atoms with Crippen molar-refractivity contribution in [2.75, 3.05) is 25.1 Å². The molecule has 0 aliphatic rings. The van der Waals surface area contributed by atoms with Crippen LogP contribution in [0.25, 0.3) is 0 Å². The van der Waals surface area contributed by atoms with E-state index in [0.717, 1.165) is 12.8 Å². The van der Waals surface area contributed by atoms with Gasteiger partial charge in [-0.05, 0) is 43.4 Å². The van der Waals surface area contributed by atoms with E-state index in [0.29, 0.717) is 18.0 Å². The van der Waals surface area contributed by atoms with Crippen molar-refractivity contribution in [3.63, 3.8) is 0 Å². The summed E-state index contributed by atoms with van der Waals surface area (Å²) in [6.45, 7) is 5.00. The number of amides is 1. The molecule has 0 aliphatic heterocycles. The smallest absolute Gasteiger partial charge is 0.257 e. The van der Waals surface area contributed by atoms with Crippen molar-refractivity contribution < 1.29 is 9.53 Å². The van der Waals surface area contributed by atoms with Gasteiger partial charge in [0.15, 0.2) is 6.61 Å². The first-order chi connectivity index (χ1) is 9.55. The van der Waals surface area contributed by atoms with Gasteiger partial charge in [0.2, 0.25) is 0 Å². The van der Waals surface area contributed by atoms with Crippen LogP contribution in [0.1, 0.15) is 26.7 Å². The number of nitrogen functional groups attached to an aromatic ring is 1. The fourth-order valence-corrected chi connectivity index (χ4v) is 2.68. The predicted octanol–water partition coefficient (Wildman–Crippen LogP) is 2.69. The summed E-state index contributed by atoms with van der Waals surface area (Å²) in [5.41, 5.74) is 6.27. The number of hydrogen-bond acceptors (Lipinski definition) is 4. The topological polar surface area (TPSA) is 64.3 Å². The Morgan fingerprint density at radius 1 is 1.30 bits per heavy atom. The molecule has 0 aromatic heterocycles. The Morgan fingerprint density at radius 2 is 1.90 bits per heavy atom. The van der Waals surface area contributed by atoms with Gasteiger partial charge in [-0.25, -0.2) is 0 Å². The fourth-order valence-electron chi connectivity index (χ4n) is 1.88. The third-order valence-electron chi connectivity index (χ3n) is 3.58. The zero-order chi connectivity index (χ0) is 15.0. The lowest BCUT2D eigenvalue weighted by Crippen LogP contribution is -2.41. The standard InChI is InChI=1S/C15H24N2O2S/c1-4-15(5-2,20-3)11-17-14(18)10-19-13-8-6-12(16)7-9-13/h6-9H,4-5,10-11,16H2,1-3H3,(H,17,18). The third-order valence-corrected chi connectivity index (χ3v) is 5.17. The van der Waals surface area contributed by atoms with Crippen molar-refractivity contribution in [1.82, 2.24) is 5.32 Å². The molecule has 1 rings (SSSR count). The molecule has 0 unspecified atom stereocenters. The van der Waals surface area contributed by atoms with Crippen LogP contribution in [0.4, 0.5) is 5.69 Å². The summed E-state index contributed by atoms with van der Waals surface area (Å²) in [4.78, 5) is 11.8. The number of nitrogens with two attached hydrogens (primary N) is 1. The molecule has 0 aliphatic carbocycles. The summed E-state index contributed by atoms with van der Waals surface area (Å²) >= 11 is 1.81. The van der Waals surface area contributed by atoms with Gasteiger partial charge in [0.05, 0.1) is 0 Å². The van der Waals surface area contributed by atoms with Crippen LogP contribution in [0.15, 0.2) is 24.3 Å². The number of thioether (sulfide) groups is 1. The van der Waals surface area contributed by atoms with E-state index in [9.17, 15) is 4.79 Å². The Bertz CT molecular complexity index is 408. The van der Waals surface area contributed by atoms with Crippen molar-refractivity contribution in [2.45, 2.75) is 31.4 Å². The average Bonchev–Trinajstić information content (AvgIpc) is 2.48. The van der Waals surface area contributed by atoms with Crippen molar-refractivity contribution in [2.24, 2.45) is 0 Å². The second kappa shape index (κ2) is 8.04. The van der Waals surface area contributed by atoms with E-state index in [-0.39, 0.29) is 17.3 Å². The summed E-state index contributed by atoms with van der Waals surface area (Å²) < 4.78 is 5.54. The molecule has 0 saturated carbocycles. The van der Waals surface area contributed by atoms with Gasteiger partial charge in [-0.3, -0.25) is 4.79 Å². The Labute approximate surface area is 125 Å². The first-order valence-electron chi connectivity index (χ1n) is 6.85. The van der Waals surface area contributed by atoms with Crippen molar-refractivity contribution >= 4 is 23.4 Å². The lowest BCUT2D eigenvalue weighted by molar-refractivity contribution is -0.123. The summed E-state index contributed by atoms with van der Waals surface area (Å²) in [6.07, 6.45) is 4.15. The van der Waals surface area contributed by atoms with E-state index in [1.54, 1.807) is 36.0 Å². The number of hydrogen-bond donors (Lipinski definition) is 2. The molecule has 3 N–H and O–H groups in total. The minimum absolute atomic E-state index is 0.0296. The van der Waals surface area contributed by atoms with Crippen molar-refractivity contribution in [1.29, 1.82) is 0 Å². The molecule has 0 atom stereocenters. The Balaban J connectivity index is 2.38. The van der Waals surface area contributed by atoms with Gasteiger partial charge in [-0.15, -0.1) is 0 Å². The highest BCUT2D eigenvalue weighted by atomic mass is 32.2. The zero-order valence-electron chi connectivity index (χ0n) is 12.4. The van der Waals surface area contributed by atoms with E-state index in [2.05, 4.69) is 25.4 Å². The highest BCUT2D eigenvalue weighted by Crippen LogP contribution is 2.29. The lowest BCUT2D eigenvalue weighted by atomic mass is 10.0. The molecule has 20 heavy (non-hydrogen) atoms. The van der Waals surface area contributed by atoms with Crippen LogP contribution in [0.3, 0.4) is 0 Å². The molecule has 0 heterocycles. The van der Waals surface area contributed by atoms with E-state index in [1.807, 2.05) is 0 Å². The first kappa shape index (κ1) is 16.7. The lowest BCUT2D eigenvalue weighted by Gasteiger charge is -2.29. The monoisotopic (exact) mass is 296 g/mol. The molecule has 0 fully saturated rings. The number of anilines is 1. The van der Waals surface area contributed by atoms with Gasteiger partial charge in [-0.1, -0.05) is 13.8 Å². The summed E-state index contributed by atoms with van der Waals surface area (Å²) in [5, 5.41) is 2.95. The van der Waals surface area contributed by atoms with Gasteiger partial charge in [0.1, 0.15) is 5.75 Å². The number of rotatable bonds is 8. The largest absolute Gasteiger partial charge is 0.484 e. The quantitative estimate of drug-likeness (QED) is 0.724. The van der Waals surface area contributed by atoms with Crippen LogP contribution in [0, 0.1) is 0 Å². The molecule has 1 aromatic rings. The van der Waals surface area contributed by atoms with Crippen molar-refractivity contribution in [3.05, 3.63) is 24.3 Å². The van der Waals surface area contributed by atoms with Crippen LogP contribution in [-0.2, 0) is 4.79 Å². The summed E-state index contributed by atoms with van der Waals surface area (Å²) in [6, 6.07) is 7.01. The van der Waals surface area contributed by atoms with Gasteiger partial charge in [0, 0.05) is 17.0 Å². The maximum Gasteiger partial charge on any atom is 0.257 e.